The molecular weight excluding hydrogens is 210 g/mol. The minimum absolute atomic E-state index is 0. The minimum Gasteiger partial charge on any atom is -0.312 e. The molecule has 0 N–H and O–H groups in total. The fraction of sp³-hybridized carbons (Fsp3) is 0.533. The van der Waals surface area contributed by atoms with Crippen LogP contribution in [0.1, 0.15) is 29.0 Å². The van der Waals surface area contributed by atoms with Crippen LogP contribution in [0.15, 0.2) is 30.3 Å². The summed E-state index contributed by atoms with van der Waals surface area (Å²) < 4.78 is 0. The van der Waals surface area contributed by atoms with Crippen molar-refractivity contribution < 1.29 is 7.65 Å². The van der Waals surface area contributed by atoms with Gasteiger partial charge in [-0.25, -0.2) is 0 Å². The van der Waals surface area contributed by atoms with Gasteiger partial charge in [0.05, 0.1) is 0 Å². The second-order valence-corrected chi connectivity index (χ2v) is 5.46. The molecule has 2 nitrogen and oxygen atoms in total. The number of carbonyl (C=O) groups is 1. The van der Waals surface area contributed by atoms with Crippen molar-refractivity contribution in [1.82, 2.24) is 0 Å². The number of nitrogens with zero attached hydrogens (tertiary/aromatic N) is 1. The van der Waals surface area contributed by atoms with Gasteiger partial charge in [-0.2, -0.15) is 0 Å². The lowest BCUT2D eigenvalue weighted by atomic mass is 9.80. The molecule has 1 aliphatic heterocycles. The van der Waals surface area contributed by atoms with Crippen molar-refractivity contribution in [3.05, 3.63) is 30.3 Å². The second-order valence-electron chi connectivity index (χ2n) is 5.46. The van der Waals surface area contributed by atoms with Crippen LogP contribution in [0.4, 0.5) is 5.69 Å². The maximum Gasteiger partial charge on any atom is 0.230 e. The van der Waals surface area contributed by atoms with Crippen LogP contribution in [-0.4, -0.2) is 12.5 Å². The average molecular weight is 233 g/mol. The molecule has 3 atom stereocenters. The number of piperidine rings is 1. The number of hydrogen-bond acceptors (Lipinski definition) is 1. The normalized spacial score (nSPS) is 32.6. The Kier molecular flexibility index (Phi) is 2.65. The molecule has 94 valence electrons. The van der Waals surface area contributed by atoms with Gasteiger partial charge in [0.2, 0.25) is 5.91 Å². The molecule has 1 aliphatic carbocycles. The molecule has 2 aliphatic rings. The van der Waals surface area contributed by atoms with Gasteiger partial charge >= 0.3 is 0 Å². The van der Waals surface area contributed by atoms with Gasteiger partial charge in [0.15, 0.2) is 0 Å². The van der Waals surface area contributed by atoms with Crippen molar-refractivity contribution in [1.29, 1.82) is 0 Å². The van der Waals surface area contributed by atoms with Gasteiger partial charge < -0.3 is 4.90 Å². The molecule has 1 amide bonds. The summed E-state index contributed by atoms with van der Waals surface area (Å²) in [7, 11) is 0. The van der Waals surface area contributed by atoms with Crippen LogP contribution >= 0.6 is 0 Å². The molecule has 1 saturated carbocycles. The maximum absolute atomic E-state index is 12.5. The van der Waals surface area contributed by atoms with E-state index in [2.05, 4.69) is 6.92 Å². The highest BCUT2D eigenvalue weighted by atomic mass is 16.2. The Bertz CT molecular complexity index is 423. The standard InChI is InChI=1S/C15H19NO.2H2/c1-11-10-16(12-6-3-2-4-7-12)15(17)14-9-5-8-13(11)14;;/h2-4,6-7,11,13-14H,5,8-10H2,1H3;2*1H/t11-,13?,14?;;/m1../s1. The number of benzene rings is 1. The number of para-hydroxylation sites is 1. The van der Waals surface area contributed by atoms with Crippen molar-refractivity contribution in [3.63, 3.8) is 0 Å². The van der Waals surface area contributed by atoms with E-state index < -0.39 is 0 Å². The third-order valence-corrected chi connectivity index (χ3v) is 4.42. The van der Waals surface area contributed by atoms with Crippen LogP contribution in [0.5, 0.6) is 0 Å². The maximum atomic E-state index is 12.5. The summed E-state index contributed by atoms with van der Waals surface area (Å²) in [6.45, 7) is 3.19. The molecule has 0 aromatic heterocycles. The summed E-state index contributed by atoms with van der Waals surface area (Å²) in [5.74, 6) is 1.93. The van der Waals surface area contributed by atoms with E-state index in [4.69, 9.17) is 0 Å². The van der Waals surface area contributed by atoms with E-state index in [0.717, 1.165) is 18.7 Å². The van der Waals surface area contributed by atoms with Crippen LogP contribution in [-0.2, 0) is 4.79 Å². The van der Waals surface area contributed by atoms with Gasteiger partial charge in [-0.15, -0.1) is 0 Å². The second kappa shape index (κ2) is 4.17. The Morgan fingerprint density at radius 2 is 2.00 bits per heavy atom. The molecule has 1 saturated heterocycles. The van der Waals surface area contributed by atoms with Crippen molar-refractivity contribution >= 4 is 11.6 Å². The third-order valence-electron chi connectivity index (χ3n) is 4.42. The number of hydrogen-bond donors (Lipinski definition) is 0. The van der Waals surface area contributed by atoms with Gasteiger partial charge in [-0.05, 0) is 36.8 Å². The highest BCUT2D eigenvalue weighted by molar-refractivity contribution is 5.96. The number of fused-ring (bicyclic) bond motifs is 1. The lowest BCUT2D eigenvalue weighted by Crippen LogP contribution is -2.48. The van der Waals surface area contributed by atoms with E-state index in [9.17, 15) is 4.79 Å². The Hall–Kier alpha value is -1.31. The summed E-state index contributed by atoms with van der Waals surface area (Å²) in [4.78, 5) is 14.5. The topological polar surface area (TPSA) is 20.3 Å². The van der Waals surface area contributed by atoms with Gasteiger partial charge in [-0.1, -0.05) is 31.5 Å². The van der Waals surface area contributed by atoms with E-state index >= 15 is 0 Å². The van der Waals surface area contributed by atoms with Crippen molar-refractivity contribution in [2.75, 3.05) is 11.4 Å². The largest absolute Gasteiger partial charge is 0.312 e. The van der Waals surface area contributed by atoms with E-state index in [1.54, 1.807) is 0 Å². The van der Waals surface area contributed by atoms with Crippen molar-refractivity contribution in [2.45, 2.75) is 26.2 Å². The van der Waals surface area contributed by atoms with Crippen LogP contribution in [0, 0.1) is 17.8 Å². The highest BCUT2D eigenvalue weighted by Gasteiger charge is 2.43. The van der Waals surface area contributed by atoms with E-state index in [1.165, 1.54) is 12.8 Å². The molecule has 3 rings (SSSR count). The Balaban J connectivity index is 0.000000902. The summed E-state index contributed by atoms with van der Waals surface area (Å²) in [5.41, 5.74) is 1.06. The molecule has 1 aromatic rings. The quantitative estimate of drug-likeness (QED) is 0.726. The van der Waals surface area contributed by atoms with E-state index in [-0.39, 0.29) is 2.85 Å². The Morgan fingerprint density at radius 3 is 2.76 bits per heavy atom. The summed E-state index contributed by atoms with van der Waals surface area (Å²) in [5, 5.41) is 0. The summed E-state index contributed by atoms with van der Waals surface area (Å²) in [6.07, 6.45) is 3.57. The zero-order valence-electron chi connectivity index (χ0n) is 10.3. The van der Waals surface area contributed by atoms with Crippen LogP contribution in [0.25, 0.3) is 0 Å². The monoisotopic (exact) mass is 233 g/mol. The van der Waals surface area contributed by atoms with Crippen LogP contribution in [0.3, 0.4) is 0 Å². The lowest BCUT2D eigenvalue weighted by molar-refractivity contribution is -0.126. The fourth-order valence-corrected chi connectivity index (χ4v) is 3.53. The van der Waals surface area contributed by atoms with Crippen molar-refractivity contribution in [2.24, 2.45) is 17.8 Å². The van der Waals surface area contributed by atoms with Crippen LogP contribution < -0.4 is 4.90 Å². The zero-order valence-corrected chi connectivity index (χ0v) is 10.3. The van der Waals surface area contributed by atoms with Gasteiger partial charge in [-0.3, -0.25) is 4.79 Å². The molecule has 0 radical (unpaired) electrons. The number of amides is 1. The van der Waals surface area contributed by atoms with Crippen LogP contribution in [0.2, 0.25) is 0 Å². The molecule has 0 bridgehead atoms. The van der Waals surface area contributed by atoms with Gasteiger partial charge in [0, 0.05) is 21.0 Å². The molecule has 0 spiro atoms. The summed E-state index contributed by atoms with van der Waals surface area (Å²) in [6, 6.07) is 10.1. The first-order valence-corrected chi connectivity index (χ1v) is 6.64. The zero-order chi connectivity index (χ0) is 11.8. The summed E-state index contributed by atoms with van der Waals surface area (Å²) >= 11 is 0. The molecule has 2 fully saturated rings. The Labute approximate surface area is 106 Å². The lowest BCUT2D eigenvalue weighted by Gasteiger charge is -2.39. The smallest absolute Gasteiger partial charge is 0.230 e. The van der Waals surface area contributed by atoms with E-state index in [0.29, 0.717) is 23.7 Å². The predicted molar refractivity (Wildman–Crippen MR) is 73.0 cm³/mol. The molecule has 2 heteroatoms. The minimum atomic E-state index is 0. The molecule has 1 heterocycles. The molecule has 1 aromatic carbocycles. The van der Waals surface area contributed by atoms with Crippen molar-refractivity contribution in [3.8, 4) is 0 Å². The fourth-order valence-electron chi connectivity index (χ4n) is 3.53. The van der Waals surface area contributed by atoms with Gasteiger partial charge in [0.1, 0.15) is 0 Å². The van der Waals surface area contributed by atoms with E-state index in [1.807, 2.05) is 35.2 Å². The predicted octanol–water partition coefficient (Wildman–Crippen LogP) is 3.58. The third kappa shape index (κ3) is 1.76. The van der Waals surface area contributed by atoms with Gasteiger partial charge in [0.25, 0.3) is 0 Å². The SMILES string of the molecule is C[C@@H]1CN(c2ccccc2)C(=O)C2CCCC21.[HH].[HH]. The first-order valence-electron chi connectivity index (χ1n) is 6.64. The Morgan fingerprint density at radius 1 is 1.24 bits per heavy atom. The number of carbonyl (C=O) groups excluding carboxylic acids is 1. The highest BCUT2D eigenvalue weighted by Crippen LogP contribution is 2.42. The molecule has 17 heavy (non-hydrogen) atoms. The first-order chi connectivity index (χ1) is 8.27. The molecule has 2 unspecified atom stereocenters. The number of rotatable bonds is 1. The average Bonchev–Trinajstić information content (AvgIpc) is 2.85. The number of anilines is 1. The first kappa shape index (κ1) is 10.8. The molecular formula is C15H23NO.